The van der Waals surface area contributed by atoms with E-state index in [-0.39, 0.29) is 0 Å². The SMILES string of the molecule is c1ccc2cc(-c3ccc(-c4cc(-c5nc(-c6ccc7ccccc7c6)nc(-c6ccc7ccccc7c6)n5)c5c(c4)oc4c6ccccc6ccc45)cc3)ccc2c1. The van der Waals surface area contributed by atoms with E-state index < -0.39 is 0 Å². The van der Waals surface area contributed by atoms with Crippen LogP contribution >= 0.6 is 0 Å². The van der Waals surface area contributed by atoms with E-state index in [1.807, 2.05) is 0 Å². The normalized spacial score (nSPS) is 11.7. The van der Waals surface area contributed by atoms with E-state index in [0.29, 0.717) is 17.5 Å². The van der Waals surface area contributed by atoms with Crippen LogP contribution in [0, 0.1) is 0 Å². The fraction of sp³-hybridized carbons (Fsp3) is 0. The zero-order valence-electron chi connectivity index (χ0n) is 31.8. The fourth-order valence-corrected chi connectivity index (χ4v) is 8.61. The van der Waals surface area contributed by atoms with E-state index >= 15 is 0 Å². The Kier molecular flexibility index (Phi) is 7.50. The molecule has 0 aliphatic heterocycles. The maximum atomic E-state index is 6.88. The van der Waals surface area contributed by atoms with E-state index in [9.17, 15) is 0 Å². The lowest BCUT2D eigenvalue weighted by Gasteiger charge is -2.12. The monoisotopic (exact) mass is 751 g/mol. The molecule has 12 aromatic rings. The van der Waals surface area contributed by atoms with Crippen molar-refractivity contribution in [1.82, 2.24) is 15.0 Å². The van der Waals surface area contributed by atoms with Crippen molar-refractivity contribution in [2.45, 2.75) is 0 Å². The zero-order valence-corrected chi connectivity index (χ0v) is 31.8. The van der Waals surface area contributed by atoms with Crippen LogP contribution in [-0.2, 0) is 0 Å². The minimum Gasteiger partial charge on any atom is -0.455 e. The molecule has 0 N–H and O–H groups in total. The van der Waals surface area contributed by atoms with Crippen LogP contribution in [0.1, 0.15) is 0 Å². The molecule has 274 valence electrons. The Morgan fingerprint density at radius 1 is 0.288 bits per heavy atom. The molecule has 0 amide bonds. The minimum absolute atomic E-state index is 0.585. The summed E-state index contributed by atoms with van der Waals surface area (Å²) < 4.78 is 6.88. The molecule has 2 aromatic heterocycles. The highest BCUT2D eigenvalue weighted by molar-refractivity contribution is 6.19. The molecule has 0 aliphatic carbocycles. The summed E-state index contributed by atoms with van der Waals surface area (Å²) in [4.78, 5) is 15.8. The molecule has 0 radical (unpaired) electrons. The lowest BCUT2D eigenvalue weighted by atomic mass is 9.95. The van der Waals surface area contributed by atoms with Crippen LogP contribution in [0.5, 0.6) is 0 Å². The summed E-state index contributed by atoms with van der Waals surface area (Å²) in [6.45, 7) is 0. The van der Waals surface area contributed by atoms with E-state index in [4.69, 9.17) is 19.4 Å². The van der Waals surface area contributed by atoms with Gasteiger partial charge in [0.25, 0.3) is 0 Å². The molecular formula is C55H33N3O. The Hall–Kier alpha value is -7.95. The first kappa shape index (κ1) is 33.2. The molecule has 2 heterocycles. The quantitative estimate of drug-likeness (QED) is 0.176. The van der Waals surface area contributed by atoms with Gasteiger partial charge in [-0.2, -0.15) is 0 Å². The highest BCUT2D eigenvalue weighted by atomic mass is 16.3. The van der Waals surface area contributed by atoms with Crippen molar-refractivity contribution in [1.29, 1.82) is 0 Å². The van der Waals surface area contributed by atoms with Crippen LogP contribution in [0.15, 0.2) is 205 Å². The van der Waals surface area contributed by atoms with Gasteiger partial charge >= 0.3 is 0 Å². The van der Waals surface area contributed by atoms with Crippen LogP contribution in [0.2, 0.25) is 0 Å². The van der Waals surface area contributed by atoms with Gasteiger partial charge in [-0.3, -0.25) is 0 Å². The molecule has 0 saturated heterocycles. The van der Waals surface area contributed by atoms with Crippen LogP contribution < -0.4 is 0 Å². The van der Waals surface area contributed by atoms with Crippen molar-refractivity contribution < 1.29 is 4.42 Å². The first-order valence-electron chi connectivity index (χ1n) is 19.9. The summed E-state index contributed by atoms with van der Waals surface area (Å²) >= 11 is 0. The maximum Gasteiger partial charge on any atom is 0.164 e. The average Bonchev–Trinajstić information content (AvgIpc) is 3.70. The first-order chi connectivity index (χ1) is 29.2. The zero-order chi connectivity index (χ0) is 38.9. The van der Waals surface area contributed by atoms with Gasteiger partial charge in [-0.1, -0.05) is 164 Å². The second-order valence-corrected chi connectivity index (χ2v) is 15.2. The average molecular weight is 752 g/mol. The Labute approximate surface area is 339 Å². The smallest absolute Gasteiger partial charge is 0.164 e. The minimum atomic E-state index is 0.585. The van der Waals surface area contributed by atoms with Crippen LogP contribution in [0.4, 0.5) is 0 Å². The van der Waals surface area contributed by atoms with Crippen LogP contribution in [0.25, 0.3) is 121 Å². The highest BCUT2D eigenvalue weighted by Crippen LogP contribution is 2.42. The van der Waals surface area contributed by atoms with Gasteiger partial charge in [-0.15, -0.1) is 0 Å². The van der Waals surface area contributed by atoms with Crippen molar-refractivity contribution in [3.63, 3.8) is 0 Å². The van der Waals surface area contributed by atoms with Gasteiger partial charge in [0.05, 0.1) is 0 Å². The molecule has 0 unspecified atom stereocenters. The molecule has 4 heteroatoms. The summed E-state index contributed by atoms with van der Waals surface area (Å²) in [5.41, 5.74) is 8.79. The summed E-state index contributed by atoms with van der Waals surface area (Å²) in [5.74, 6) is 1.81. The molecular weight excluding hydrogens is 719 g/mol. The molecule has 10 aromatic carbocycles. The molecule has 0 spiro atoms. The van der Waals surface area contributed by atoms with Gasteiger partial charge in [-0.25, -0.2) is 15.0 Å². The molecule has 0 saturated carbocycles. The van der Waals surface area contributed by atoms with Gasteiger partial charge < -0.3 is 4.42 Å². The highest BCUT2D eigenvalue weighted by Gasteiger charge is 2.21. The van der Waals surface area contributed by atoms with Crippen LogP contribution in [0.3, 0.4) is 0 Å². The Bertz CT molecular complexity index is 3520. The molecule has 0 aliphatic rings. The van der Waals surface area contributed by atoms with Gasteiger partial charge in [0.1, 0.15) is 11.2 Å². The first-order valence-corrected chi connectivity index (χ1v) is 19.9. The van der Waals surface area contributed by atoms with E-state index in [2.05, 4.69) is 200 Å². The standard InChI is InChI=1S/C55H33N3O/c1-4-13-40-29-43(24-21-34(40)9-1)37-17-19-38(20-18-37)46-32-49(51-48-28-27-39-12-7-8-16-47(39)52(48)59-50(51)33-46)55-57-53(44-25-22-35-10-2-5-14-41(35)30-44)56-54(58-55)45-26-23-36-11-3-6-15-42(36)31-45/h1-33H. The van der Waals surface area contributed by atoms with E-state index in [1.54, 1.807) is 0 Å². The topological polar surface area (TPSA) is 51.8 Å². The van der Waals surface area contributed by atoms with E-state index in [1.165, 1.54) is 27.1 Å². The number of nitrogens with zero attached hydrogens (tertiary/aromatic N) is 3. The largest absolute Gasteiger partial charge is 0.455 e. The lowest BCUT2D eigenvalue weighted by Crippen LogP contribution is -2.01. The summed E-state index contributed by atoms with van der Waals surface area (Å²) in [6.07, 6.45) is 0. The Balaban J connectivity index is 1.09. The van der Waals surface area contributed by atoms with Crippen molar-refractivity contribution in [2.75, 3.05) is 0 Å². The number of rotatable bonds is 5. The number of fused-ring (bicyclic) bond motifs is 8. The van der Waals surface area contributed by atoms with Crippen molar-refractivity contribution in [3.05, 3.63) is 200 Å². The molecule has 12 rings (SSSR count). The second-order valence-electron chi connectivity index (χ2n) is 15.2. The number of aromatic nitrogens is 3. The molecule has 0 bridgehead atoms. The third-order valence-corrected chi connectivity index (χ3v) is 11.7. The molecule has 4 nitrogen and oxygen atoms in total. The fourth-order valence-electron chi connectivity index (χ4n) is 8.61. The summed E-state index contributed by atoms with van der Waals surface area (Å²) in [7, 11) is 0. The van der Waals surface area contributed by atoms with Gasteiger partial charge in [-0.05, 0) is 96.4 Å². The number of hydrogen-bond donors (Lipinski definition) is 0. The lowest BCUT2D eigenvalue weighted by molar-refractivity contribution is 0.673. The third kappa shape index (κ3) is 5.73. The van der Waals surface area contributed by atoms with Crippen molar-refractivity contribution >= 4 is 65.0 Å². The Morgan fingerprint density at radius 2 is 0.729 bits per heavy atom. The van der Waals surface area contributed by atoms with Crippen molar-refractivity contribution in [2.24, 2.45) is 0 Å². The predicted molar refractivity (Wildman–Crippen MR) is 244 cm³/mol. The molecule has 0 atom stereocenters. The van der Waals surface area contributed by atoms with Crippen LogP contribution in [-0.4, -0.2) is 15.0 Å². The van der Waals surface area contributed by atoms with Gasteiger partial charge in [0, 0.05) is 32.8 Å². The third-order valence-electron chi connectivity index (χ3n) is 11.7. The maximum absolute atomic E-state index is 6.88. The van der Waals surface area contributed by atoms with E-state index in [0.717, 1.165) is 76.9 Å². The second kappa shape index (κ2) is 13.3. The van der Waals surface area contributed by atoms with Crippen molar-refractivity contribution in [3.8, 4) is 56.4 Å². The van der Waals surface area contributed by atoms with Gasteiger partial charge in [0.2, 0.25) is 0 Å². The predicted octanol–water partition coefficient (Wildman–Crippen LogP) is 14.7. The number of hydrogen-bond acceptors (Lipinski definition) is 4. The molecule has 0 fully saturated rings. The summed E-state index contributed by atoms with van der Waals surface area (Å²) in [5, 5.41) is 11.2. The Morgan fingerprint density at radius 3 is 1.32 bits per heavy atom. The summed E-state index contributed by atoms with van der Waals surface area (Å²) in [6, 6.07) is 70.6. The van der Waals surface area contributed by atoms with Gasteiger partial charge in [0.15, 0.2) is 17.5 Å². The molecule has 59 heavy (non-hydrogen) atoms. The number of benzene rings is 10. The number of furan rings is 1.